The number of carboxylic acid groups (broad SMARTS) is 1. The maximum absolute atomic E-state index is 11.3. The summed E-state index contributed by atoms with van der Waals surface area (Å²) in [6, 6.07) is 19.3. The van der Waals surface area contributed by atoms with Gasteiger partial charge in [0.25, 0.3) is 0 Å². The van der Waals surface area contributed by atoms with Crippen LogP contribution in [-0.2, 0) is 6.54 Å². The molecule has 118 valence electrons. The fourth-order valence-corrected chi connectivity index (χ4v) is 4.02. The summed E-state index contributed by atoms with van der Waals surface area (Å²) in [6.45, 7) is 2.10. The molecule has 0 spiro atoms. The van der Waals surface area contributed by atoms with Gasteiger partial charge in [-0.1, -0.05) is 48.5 Å². The van der Waals surface area contributed by atoms with Crippen LogP contribution in [0.25, 0.3) is 0 Å². The summed E-state index contributed by atoms with van der Waals surface area (Å²) in [5.74, 6) is 0.278. The molecular formula is C19H20N2O2. The SMILES string of the molecule is O=C(O)N1CC[C@H]2[C@@H](C1)c1ccccc1N2Cc1ccccc1. The Balaban J connectivity index is 1.67. The van der Waals surface area contributed by atoms with Crippen molar-refractivity contribution < 1.29 is 9.90 Å². The Morgan fingerprint density at radius 2 is 1.83 bits per heavy atom. The van der Waals surface area contributed by atoms with Gasteiger partial charge in [-0.2, -0.15) is 0 Å². The second-order valence-corrected chi connectivity index (χ2v) is 6.36. The summed E-state index contributed by atoms with van der Waals surface area (Å²) in [5, 5.41) is 9.32. The van der Waals surface area contributed by atoms with Crippen LogP contribution < -0.4 is 4.90 Å². The molecule has 0 aliphatic carbocycles. The highest BCUT2D eigenvalue weighted by atomic mass is 16.4. The number of hydrogen-bond donors (Lipinski definition) is 1. The second kappa shape index (κ2) is 5.61. The van der Waals surface area contributed by atoms with E-state index in [4.69, 9.17) is 0 Å². The Kier molecular flexibility index (Phi) is 3.45. The van der Waals surface area contributed by atoms with E-state index in [9.17, 15) is 9.90 Å². The Morgan fingerprint density at radius 1 is 1.09 bits per heavy atom. The molecule has 2 aliphatic heterocycles. The van der Waals surface area contributed by atoms with Crippen LogP contribution in [0.3, 0.4) is 0 Å². The number of likely N-dealkylation sites (tertiary alicyclic amines) is 1. The van der Waals surface area contributed by atoms with Crippen molar-refractivity contribution in [1.82, 2.24) is 4.90 Å². The summed E-state index contributed by atoms with van der Waals surface area (Å²) < 4.78 is 0. The van der Waals surface area contributed by atoms with Gasteiger partial charge < -0.3 is 14.9 Å². The van der Waals surface area contributed by atoms with Crippen molar-refractivity contribution in [1.29, 1.82) is 0 Å². The molecule has 0 unspecified atom stereocenters. The van der Waals surface area contributed by atoms with Crippen LogP contribution in [0.5, 0.6) is 0 Å². The first-order valence-corrected chi connectivity index (χ1v) is 8.11. The number of para-hydroxylation sites is 1. The fraction of sp³-hybridized carbons (Fsp3) is 0.316. The molecule has 1 saturated heterocycles. The Bertz CT molecular complexity index is 716. The number of amides is 1. The summed E-state index contributed by atoms with van der Waals surface area (Å²) in [4.78, 5) is 15.4. The number of hydrogen-bond acceptors (Lipinski definition) is 2. The lowest BCUT2D eigenvalue weighted by Gasteiger charge is -2.38. The van der Waals surface area contributed by atoms with Crippen molar-refractivity contribution in [2.24, 2.45) is 0 Å². The third-order valence-corrected chi connectivity index (χ3v) is 5.09. The zero-order chi connectivity index (χ0) is 15.8. The topological polar surface area (TPSA) is 43.8 Å². The van der Waals surface area contributed by atoms with Crippen LogP contribution >= 0.6 is 0 Å². The van der Waals surface area contributed by atoms with Crippen molar-refractivity contribution >= 4 is 11.8 Å². The average molecular weight is 308 g/mol. The number of carbonyl (C=O) groups is 1. The van der Waals surface area contributed by atoms with E-state index >= 15 is 0 Å². The molecule has 2 heterocycles. The lowest BCUT2D eigenvalue weighted by Crippen LogP contribution is -2.47. The number of piperidine rings is 1. The van der Waals surface area contributed by atoms with Crippen molar-refractivity contribution in [2.45, 2.75) is 24.9 Å². The van der Waals surface area contributed by atoms with Gasteiger partial charge in [0.15, 0.2) is 0 Å². The van der Waals surface area contributed by atoms with Gasteiger partial charge in [-0.3, -0.25) is 0 Å². The first-order chi connectivity index (χ1) is 11.2. The van der Waals surface area contributed by atoms with Gasteiger partial charge in [0.2, 0.25) is 0 Å². The van der Waals surface area contributed by atoms with E-state index in [1.54, 1.807) is 4.90 Å². The molecule has 2 aliphatic rings. The average Bonchev–Trinajstić information content (AvgIpc) is 2.90. The van der Waals surface area contributed by atoms with Crippen molar-refractivity contribution in [3.63, 3.8) is 0 Å². The molecule has 1 fully saturated rings. The maximum Gasteiger partial charge on any atom is 0.407 e. The van der Waals surface area contributed by atoms with Gasteiger partial charge in [-0.15, -0.1) is 0 Å². The van der Waals surface area contributed by atoms with E-state index in [1.165, 1.54) is 16.8 Å². The lowest BCUT2D eigenvalue weighted by atomic mass is 9.89. The van der Waals surface area contributed by atoms with E-state index < -0.39 is 6.09 Å². The third kappa shape index (κ3) is 2.44. The smallest absolute Gasteiger partial charge is 0.407 e. The Labute approximate surface area is 136 Å². The van der Waals surface area contributed by atoms with E-state index in [0.717, 1.165) is 13.0 Å². The molecule has 0 saturated carbocycles. The summed E-state index contributed by atoms with van der Waals surface area (Å²) in [7, 11) is 0. The molecule has 2 aromatic carbocycles. The van der Waals surface area contributed by atoms with E-state index in [-0.39, 0.29) is 5.92 Å². The molecule has 23 heavy (non-hydrogen) atoms. The maximum atomic E-state index is 11.3. The number of benzene rings is 2. The van der Waals surface area contributed by atoms with Crippen molar-refractivity contribution in [3.8, 4) is 0 Å². The van der Waals surface area contributed by atoms with E-state index in [2.05, 4.69) is 53.4 Å². The van der Waals surface area contributed by atoms with E-state index in [0.29, 0.717) is 19.1 Å². The summed E-state index contributed by atoms with van der Waals surface area (Å²) in [6.07, 6.45) is 0.0841. The molecule has 4 nitrogen and oxygen atoms in total. The zero-order valence-corrected chi connectivity index (χ0v) is 12.9. The molecule has 1 N–H and O–H groups in total. The predicted octanol–water partition coefficient (Wildman–Crippen LogP) is 3.54. The van der Waals surface area contributed by atoms with Gasteiger partial charge in [-0.05, 0) is 23.6 Å². The van der Waals surface area contributed by atoms with Crippen LogP contribution in [0.2, 0.25) is 0 Å². The lowest BCUT2D eigenvalue weighted by molar-refractivity contribution is 0.127. The summed E-state index contributed by atoms with van der Waals surface area (Å²) in [5.41, 5.74) is 3.85. The number of rotatable bonds is 2. The highest BCUT2D eigenvalue weighted by Gasteiger charge is 2.42. The molecule has 1 amide bonds. The number of fused-ring (bicyclic) bond motifs is 3. The Hall–Kier alpha value is -2.49. The minimum Gasteiger partial charge on any atom is -0.465 e. The molecular weight excluding hydrogens is 288 g/mol. The van der Waals surface area contributed by atoms with Crippen LogP contribution in [0.15, 0.2) is 54.6 Å². The molecule has 4 rings (SSSR count). The summed E-state index contributed by atoms with van der Waals surface area (Å²) >= 11 is 0. The van der Waals surface area contributed by atoms with E-state index in [1.807, 2.05) is 6.07 Å². The first kappa shape index (κ1) is 14.1. The molecule has 0 radical (unpaired) electrons. The van der Waals surface area contributed by atoms with Gasteiger partial charge >= 0.3 is 6.09 Å². The fourth-order valence-electron chi connectivity index (χ4n) is 4.02. The second-order valence-electron chi connectivity index (χ2n) is 6.36. The number of nitrogens with zero attached hydrogens (tertiary/aromatic N) is 2. The third-order valence-electron chi connectivity index (χ3n) is 5.09. The van der Waals surface area contributed by atoms with Crippen LogP contribution in [0.1, 0.15) is 23.5 Å². The quantitative estimate of drug-likeness (QED) is 0.923. The van der Waals surface area contributed by atoms with Gasteiger partial charge in [0.05, 0.1) is 0 Å². The first-order valence-electron chi connectivity index (χ1n) is 8.11. The largest absolute Gasteiger partial charge is 0.465 e. The van der Waals surface area contributed by atoms with Crippen LogP contribution in [0, 0.1) is 0 Å². The number of anilines is 1. The van der Waals surface area contributed by atoms with Crippen LogP contribution in [0.4, 0.5) is 10.5 Å². The minimum atomic E-state index is -0.803. The monoisotopic (exact) mass is 308 g/mol. The minimum absolute atomic E-state index is 0.278. The normalized spacial score (nSPS) is 22.6. The molecule has 0 aromatic heterocycles. The van der Waals surface area contributed by atoms with Crippen molar-refractivity contribution in [2.75, 3.05) is 18.0 Å². The van der Waals surface area contributed by atoms with Crippen LogP contribution in [-0.4, -0.2) is 35.2 Å². The highest BCUT2D eigenvalue weighted by molar-refractivity contribution is 5.67. The van der Waals surface area contributed by atoms with Gasteiger partial charge in [0.1, 0.15) is 0 Å². The predicted molar refractivity (Wildman–Crippen MR) is 89.8 cm³/mol. The Morgan fingerprint density at radius 3 is 2.61 bits per heavy atom. The van der Waals surface area contributed by atoms with Gasteiger partial charge in [-0.25, -0.2) is 4.79 Å². The molecule has 2 atom stereocenters. The van der Waals surface area contributed by atoms with Crippen molar-refractivity contribution in [3.05, 3.63) is 65.7 Å². The molecule has 4 heteroatoms. The molecule has 0 bridgehead atoms. The van der Waals surface area contributed by atoms with Gasteiger partial charge in [0, 0.05) is 37.3 Å². The standard InChI is InChI=1S/C19H20N2O2/c22-19(23)20-11-10-18-16(13-20)15-8-4-5-9-17(15)21(18)12-14-6-2-1-3-7-14/h1-9,16,18H,10-13H2,(H,22,23)/t16-,18-/m0/s1. The zero-order valence-electron chi connectivity index (χ0n) is 12.9. The highest BCUT2D eigenvalue weighted by Crippen LogP contribution is 2.45. The molecule has 2 aromatic rings.